The average Bonchev–Trinajstić information content (AvgIpc) is 3.22. The van der Waals surface area contributed by atoms with Crippen molar-refractivity contribution in [2.45, 2.75) is 6.04 Å². The maximum absolute atomic E-state index is 14.5. The van der Waals surface area contributed by atoms with Crippen molar-refractivity contribution in [3.8, 4) is 5.69 Å². The largest absolute Gasteiger partial charge is 0.368 e. The number of nitrogens with zero attached hydrogens (tertiary/aromatic N) is 4. The summed E-state index contributed by atoms with van der Waals surface area (Å²) in [6.45, 7) is 0. The fraction of sp³-hybridized carbons (Fsp3) is 0.0556. The molecule has 0 aliphatic carbocycles. The van der Waals surface area contributed by atoms with Gasteiger partial charge in [0.15, 0.2) is 5.82 Å². The van der Waals surface area contributed by atoms with E-state index in [1.807, 2.05) is 0 Å². The summed E-state index contributed by atoms with van der Waals surface area (Å²) in [6.07, 6.45) is 3.57. The summed E-state index contributed by atoms with van der Waals surface area (Å²) in [5, 5.41) is 13.1. The minimum Gasteiger partial charge on any atom is -0.368 e. The Bertz CT molecular complexity index is 1020. The number of carbonyl (C=O) groups excluding carboxylic acids is 2. The van der Waals surface area contributed by atoms with Crippen molar-refractivity contribution in [2.24, 2.45) is 5.73 Å². The van der Waals surface area contributed by atoms with E-state index < -0.39 is 23.7 Å². The first kappa shape index (κ1) is 19.2. The van der Waals surface area contributed by atoms with Gasteiger partial charge in [0, 0.05) is 11.6 Å². The normalized spacial score (nSPS) is 12.1. The number of nitrogens with two attached hydrogens (primary N) is 1. The highest BCUT2D eigenvalue weighted by Crippen LogP contribution is 2.25. The van der Waals surface area contributed by atoms with Crippen LogP contribution in [-0.4, -0.2) is 32.0 Å². The molecule has 2 aromatic carbocycles. The molecule has 8 nitrogen and oxygen atoms in total. The number of rotatable bonds is 6. The number of benzene rings is 2. The van der Waals surface area contributed by atoms with Crippen LogP contribution < -0.4 is 11.1 Å². The van der Waals surface area contributed by atoms with Crippen LogP contribution in [-0.2, 0) is 9.59 Å². The average molecular weight is 401 g/mol. The molecule has 1 aromatic heterocycles. The lowest BCUT2D eigenvalue weighted by Gasteiger charge is -2.14. The van der Waals surface area contributed by atoms with E-state index in [0.29, 0.717) is 5.56 Å². The topological polar surface area (TPSA) is 116 Å². The second kappa shape index (κ2) is 8.40. The van der Waals surface area contributed by atoms with Gasteiger partial charge in [-0.05, 0) is 34.2 Å². The number of halogens is 2. The van der Waals surface area contributed by atoms with Gasteiger partial charge in [0.1, 0.15) is 12.4 Å². The summed E-state index contributed by atoms with van der Waals surface area (Å²) in [5.74, 6) is -2.11. The molecule has 0 spiro atoms. The van der Waals surface area contributed by atoms with E-state index in [0.717, 1.165) is 6.08 Å². The zero-order chi connectivity index (χ0) is 20.1. The van der Waals surface area contributed by atoms with Crippen molar-refractivity contribution in [3.63, 3.8) is 0 Å². The molecule has 0 radical (unpaired) electrons. The lowest BCUT2D eigenvalue weighted by Crippen LogP contribution is -2.36. The Morgan fingerprint density at radius 2 is 1.96 bits per heavy atom. The van der Waals surface area contributed by atoms with Crippen LogP contribution in [0.5, 0.6) is 0 Å². The predicted molar refractivity (Wildman–Crippen MR) is 99.7 cm³/mol. The fourth-order valence-electron chi connectivity index (χ4n) is 2.50. The van der Waals surface area contributed by atoms with Gasteiger partial charge in [-0.25, -0.2) is 4.39 Å². The quantitative estimate of drug-likeness (QED) is 0.612. The molecule has 1 heterocycles. The number of nitrogens with one attached hydrogen (secondary N) is 1. The third-order valence-corrected chi connectivity index (χ3v) is 4.10. The lowest BCUT2D eigenvalue weighted by molar-refractivity contribution is -0.125. The van der Waals surface area contributed by atoms with Crippen molar-refractivity contribution in [1.29, 1.82) is 0 Å². The smallest absolute Gasteiger partial charge is 0.244 e. The van der Waals surface area contributed by atoms with E-state index in [9.17, 15) is 14.0 Å². The first-order valence-electron chi connectivity index (χ1n) is 8.01. The second-order valence-electron chi connectivity index (χ2n) is 5.64. The van der Waals surface area contributed by atoms with Gasteiger partial charge < -0.3 is 11.1 Å². The molecule has 0 bridgehead atoms. The van der Waals surface area contributed by atoms with Crippen LogP contribution in [0.2, 0.25) is 5.02 Å². The van der Waals surface area contributed by atoms with Crippen molar-refractivity contribution in [1.82, 2.24) is 25.5 Å². The van der Waals surface area contributed by atoms with Crippen LogP contribution in [0, 0.1) is 5.82 Å². The molecule has 142 valence electrons. The SMILES string of the molecule is NC(=O)C(NC(=O)/C=C/c1c(-n2cnnn2)ccc(Cl)c1F)c1ccccc1. The minimum absolute atomic E-state index is 0.00489. The Morgan fingerprint density at radius 3 is 2.61 bits per heavy atom. The molecular weight excluding hydrogens is 387 g/mol. The molecule has 3 N–H and O–H groups in total. The highest BCUT2D eigenvalue weighted by molar-refractivity contribution is 6.31. The Hall–Kier alpha value is -3.59. The van der Waals surface area contributed by atoms with E-state index in [-0.39, 0.29) is 16.3 Å². The van der Waals surface area contributed by atoms with Gasteiger partial charge in [-0.1, -0.05) is 41.9 Å². The zero-order valence-corrected chi connectivity index (χ0v) is 15.0. The number of carbonyl (C=O) groups is 2. The van der Waals surface area contributed by atoms with Crippen LogP contribution in [0.3, 0.4) is 0 Å². The van der Waals surface area contributed by atoms with Gasteiger partial charge in [-0.2, -0.15) is 4.68 Å². The predicted octanol–water partition coefficient (Wildman–Crippen LogP) is 1.81. The van der Waals surface area contributed by atoms with Crippen molar-refractivity contribution < 1.29 is 14.0 Å². The third kappa shape index (κ3) is 4.21. The number of primary amides is 1. The van der Waals surface area contributed by atoms with Crippen LogP contribution in [0.15, 0.2) is 54.9 Å². The second-order valence-corrected chi connectivity index (χ2v) is 6.04. The number of hydrogen-bond acceptors (Lipinski definition) is 5. The molecule has 2 amide bonds. The van der Waals surface area contributed by atoms with Crippen molar-refractivity contribution >= 4 is 29.5 Å². The first-order valence-corrected chi connectivity index (χ1v) is 8.39. The highest BCUT2D eigenvalue weighted by atomic mass is 35.5. The van der Waals surface area contributed by atoms with Gasteiger partial charge in [0.05, 0.1) is 10.7 Å². The Balaban J connectivity index is 1.86. The molecule has 0 fully saturated rings. The molecule has 3 rings (SSSR count). The summed E-state index contributed by atoms with van der Waals surface area (Å²) in [5.41, 5.74) is 6.19. The Morgan fingerprint density at radius 1 is 1.21 bits per heavy atom. The molecule has 1 atom stereocenters. The van der Waals surface area contributed by atoms with Gasteiger partial charge in [0.25, 0.3) is 0 Å². The molecule has 0 aliphatic heterocycles. The zero-order valence-electron chi connectivity index (χ0n) is 14.3. The van der Waals surface area contributed by atoms with E-state index in [4.69, 9.17) is 17.3 Å². The summed E-state index contributed by atoms with van der Waals surface area (Å²) < 4.78 is 15.7. The molecule has 0 aliphatic rings. The molecule has 0 saturated heterocycles. The third-order valence-electron chi connectivity index (χ3n) is 3.81. The van der Waals surface area contributed by atoms with Crippen molar-refractivity contribution in [2.75, 3.05) is 0 Å². The van der Waals surface area contributed by atoms with Crippen LogP contribution in [0.4, 0.5) is 4.39 Å². The lowest BCUT2D eigenvalue weighted by atomic mass is 10.1. The summed E-state index contributed by atoms with van der Waals surface area (Å²) in [7, 11) is 0. The maximum Gasteiger partial charge on any atom is 0.244 e. The van der Waals surface area contributed by atoms with E-state index in [2.05, 4.69) is 20.8 Å². The van der Waals surface area contributed by atoms with E-state index in [1.165, 1.54) is 29.2 Å². The van der Waals surface area contributed by atoms with Crippen LogP contribution >= 0.6 is 11.6 Å². The summed E-state index contributed by atoms with van der Waals surface area (Å²) >= 11 is 5.84. The summed E-state index contributed by atoms with van der Waals surface area (Å²) in [4.78, 5) is 24.0. The van der Waals surface area contributed by atoms with Crippen LogP contribution in [0.25, 0.3) is 11.8 Å². The standard InChI is InChI=1S/C18H14ClFN6O2/c19-13-7-8-14(26-10-22-24-25-26)12(16(13)20)6-9-15(27)23-17(18(21)28)11-4-2-1-3-5-11/h1-10,17H,(H2,21,28)(H,23,27)/b9-6+. The summed E-state index contributed by atoms with van der Waals surface area (Å²) in [6, 6.07) is 10.4. The molecule has 10 heteroatoms. The van der Waals surface area contributed by atoms with E-state index in [1.54, 1.807) is 30.3 Å². The first-order chi connectivity index (χ1) is 13.5. The van der Waals surface area contributed by atoms with Gasteiger partial charge in [-0.3, -0.25) is 9.59 Å². The van der Waals surface area contributed by atoms with Crippen molar-refractivity contribution in [3.05, 3.63) is 76.8 Å². The Labute approximate surface area is 163 Å². The number of tetrazole rings is 1. The molecular formula is C18H14ClFN6O2. The molecule has 0 saturated carbocycles. The highest BCUT2D eigenvalue weighted by Gasteiger charge is 2.19. The molecule has 3 aromatic rings. The van der Waals surface area contributed by atoms with Crippen LogP contribution in [0.1, 0.15) is 17.2 Å². The minimum atomic E-state index is -1.03. The monoisotopic (exact) mass is 400 g/mol. The number of amides is 2. The fourth-order valence-corrected chi connectivity index (χ4v) is 2.66. The van der Waals surface area contributed by atoms with Gasteiger partial charge >= 0.3 is 0 Å². The van der Waals surface area contributed by atoms with Gasteiger partial charge in [-0.15, -0.1) is 5.10 Å². The maximum atomic E-state index is 14.5. The Kier molecular flexibility index (Phi) is 5.75. The van der Waals surface area contributed by atoms with Gasteiger partial charge in [0.2, 0.25) is 11.8 Å². The number of aromatic nitrogens is 4. The number of hydrogen-bond donors (Lipinski definition) is 2. The molecule has 28 heavy (non-hydrogen) atoms. The molecule has 1 unspecified atom stereocenters. The van der Waals surface area contributed by atoms with E-state index >= 15 is 0 Å².